The number of halogens is 4. The minimum absolute atomic E-state index is 0. The van der Waals surface area contributed by atoms with Crippen molar-refractivity contribution in [1.82, 2.24) is 14.8 Å². The average Bonchev–Trinajstić information content (AvgIpc) is 2.95. The smallest absolute Gasteiger partial charge is 0.194 e. The molecule has 0 spiro atoms. The first-order chi connectivity index (χ1) is 11.5. The monoisotopic (exact) mass is 520 g/mol. The van der Waals surface area contributed by atoms with Crippen LogP contribution < -0.4 is 5.73 Å². The molecule has 0 radical (unpaired) electrons. The molecule has 0 bridgehead atoms. The topological polar surface area (TPSA) is 73.8 Å². The van der Waals surface area contributed by atoms with Gasteiger partial charge in [-0.05, 0) is 37.3 Å². The van der Waals surface area contributed by atoms with E-state index in [-0.39, 0.29) is 46.3 Å². The SMILES string of the molecule is Br.Br.Cc1nnc(CN)n1-c1cc(Cl)cc(C(=O)c2ccccc2Cl)c1. The number of carbonyl (C=O) groups is 1. The highest BCUT2D eigenvalue weighted by Gasteiger charge is 2.16. The lowest BCUT2D eigenvalue weighted by molar-refractivity contribution is 0.103. The molecule has 0 fully saturated rings. The molecule has 2 aromatic carbocycles. The molecule has 0 aliphatic heterocycles. The van der Waals surface area contributed by atoms with Crippen LogP contribution in [-0.4, -0.2) is 20.5 Å². The number of nitrogens with two attached hydrogens (primary N) is 1. The van der Waals surface area contributed by atoms with E-state index in [1.54, 1.807) is 47.0 Å². The number of hydrogen-bond acceptors (Lipinski definition) is 4. The van der Waals surface area contributed by atoms with Crippen molar-refractivity contribution in [3.63, 3.8) is 0 Å². The lowest BCUT2D eigenvalue weighted by Gasteiger charge is -2.11. The minimum Gasteiger partial charge on any atom is -0.324 e. The fourth-order valence-electron chi connectivity index (χ4n) is 2.51. The Bertz CT molecular complexity index is 931. The number of rotatable bonds is 4. The van der Waals surface area contributed by atoms with E-state index < -0.39 is 0 Å². The van der Waals surface area contributed by atoms with Crippen molar-refractivity contribution in [2.24, 2.45) is 5.73 Å². The Balaban J connectivity index is 0.00000169. The van der Waals surface area contributed by atoms with Gasteiger partial charge in [-0.2, -0.15) is 0 Å². The molecule has 0 amide bonds. The van der Waals surface area contributed by atoms with Crippen LogP contribution in [0.25, 0.3) is 5.69 Å². The Kier molecular flexibility index (Phi) is 8.43. The van der Waals surface area contributed by atoms with E-state index in [0.717, 1.165) is 0 Å². The minimum atomic E-state index is -0.204. The largest absolute Gasteiger partial charge is 0.324 e. The van der Waals surface area contributed by atoms with E-state index in [9.17, 15) is 4.79 Å². The highest BCUT2D eigenvalue weighted by Crippen LogP contribution is 2.25. The van der Waals surface area contributed by atoms with Gasteiger partial charge in [0.15, 0.2) is 11.6 Å². The summed E-state index contributed by atoms with van der Waals surface area (Å²) in [6.07, 6.45) is 0. The fourth-order valence-corrected chi connectivity index (χ4v) is 2.96. The summed E-state index contributed by atoms with van der Waals surface area (Å²) in [4.78, 5) is 12.8. The summed E-state index contributed by atoms with van der Waals surface area (Å²) in [5.74, 6) is 1.05. The quantitative estimate of drug-likeness (QED) is 0.503. The van der Waals surface area contributed by atoms with Crippen LogP contribution in [0.4, 0.5) is 0 Å². The second kappa shape index (κ2) is 9.62. The van der Waals surface area contributed by atoms with Crippen molar-refractivity contribution in [3.8, 4) is 5.69 Å². The zero-order chi connectivity index (χ0) is 17.3. The first kappa shape index (κ1) is 22.8. The number of carbonyl (C=O) groups excluding carboxylic acids is 1. The molecule has 9 heteroatoms. The maximum Gasteiger partial charge on any atom is 0.194 e. The van der Waals surface area contributed by atoms with E-state index in [1.165, 1.54) is 0 Å². The van der Waals surface area contributed by atoms with Gasteiger partial charge >= 0.3 is 0 Å². The zero-order valence-electron chi connectivity index (χ0n) is 13.6. The Morgan fingerprint density at radius 1 is 1.12 bits per heavy atom. The van der Waals surface area contributed by atoms with Crippen LogP contribution in [0.5, 0.6) is 0 Å². The Morgan fingerprint density at radius 3 is 2.46 bits per heavy atom. The summed E-state index contributed by atoms with van der Waals surface area (Å²) in [5, 5.41) is 8.88. The maximum absolute atomic E-state index is 12.8. The van der Waals surface area contributed by atoms with Crippen LogP contribution in [0.1, 0.15) is 27.6 Å². The van der Waals surface area contributed by atoms with Gasteiger partial charge in [-0.25, -0.2) is 0 Å². The number of nitrogens with zero attached hydrogens (tertiary/aromatic N) is 3. The van der Waals surface area contributed by atoms with Gasteiger partial charge in [-0.15, -0.1) is 44.2 Å². The molecule has 26 heavy (non-hydrogen) atoms. The Labute approximate surface area is 182 Å². The molecule has 3 rings (SSSR count). The van der Waals surface area contributed by atoms with Gasteiger partial charge in [-0.1, -0.05) is 35.3 Å². The summed E-state index contributed by atoms with van der Waals surface area (Å²) in [6, 6.07) is 12.0. The van der Waals surface area contributed by atoms with Gasteiger partial charge in [0.1, 0.15) is 5.82 Å². The second-order valence-electron chi connectivity index (χ2n) is 5.21. The summed E-state index contributed by atoms with van der Waals surface area (Å²) in [6.45, 7) is 2.03. The first-order valence-corrected chi connectivity index (χ1v) is 7.98. The zero-order valence-corrected chi connectivity index (χ0v) is 18.6. The van der Waals surface area contributed by atoms with Crippen molar-refractivity contribution in [2.75, 3.05) is 0 Å². The van der Waals surface area contributed by atoms with Gasteiger partial charge < -0.3 is 5.73 Å². The third-order valence-corrected chi connectivity index (χ3v) is 4.14. The van der Waals surface area contributed by atoms with Gasteiger partial charge in [0, 0.05) is 16.1 Å². The van der Waals surface area contributed by atoms with E-state index in [4.69, 9.17) is 28.9 Å². The number of aryl methyl sites for hydroxylation is 1. The molecule has 0 aliphatic rings. The molecule has 1 heterocycles. The van der Waals surface area contributed by atoms with Crippen LogP contribution >= 0.6 is 57.2 Å². The molecule has 0 saturated heterocycles. The van der Waals surface area contributed by atoms with Crippen LogP contribution in [0.2, 0.25) is 10.0 Å². The number of aromatic nitrogens is 3. The van der Waals surface area contributed by atoms with Gasteiger partial charge in [0.25, 0.3) is 0 Å². The fraction of sp³-hybridized carbons (Fsp3) is 0.118. The van der Waals surface area contributed by atoms with Gasteiger partial charge in [0.05, 0.1) is 17.3 Å². The standard InChI is InChI=1S/C17H14Cl2N4O.2BrH/c1-10-21-22-16(9-20)23(10)13-7-11(6-12(18)8-13)17(24)14-4-2-3-5-15(14)19;;/h2-8H,9,20H2,1H3;2*1H. The molecule has 1 aromatic heterocycles. The molecule has 0 saturated carbocycles. The van der Waals surface area contributed by atoms with Gasteiger partial charge in [-0.3, -0.25) is 9.36 Å². The number of benzene rings is 2. The summed E-state index contributed by atoms with van der Waals surface area (Å²) in [5.41, 5.74) is 7.24. The molecule has 5 nitrogen and oxygen atoms in total. The van der Waals surface area contributed by atoms with Crippen molar-refractivity contribution < 1.29 is 4.79 Å². The molecule has 0 atom stereocenters. The third-order valence-electron chi connectivity index (χ3n) is 3.60. The highest BCUT2D eigenvalue weighted by atomic mass is 79.9. The van der Waals surface area contributed by atoms with E-state index in [0.29, 0.717) is 38.5 Å². The van der Waals surface area contributed by atoms with Gasteiger partial charge in [0.2, 0.25) is 0 Å². The predicted octanol–water partition coefficient (Wildman–Crippen LogP) is 4.73. The second-order valence-corrected chi connectivity index (χ2v) is 6.05. The Hall–Kier alpha value is -1.25. The maximum atomic E-state index is 12.8. The molecule has 138 valence electrons. The van der Waals surface area contributed by atoms with E-state index in [2.05, 4.69) is 10.2 Å². The van der Waals surface area contributed by atoms with Crippen LogP contribution in [0.15, 0.2) is 42.5 Å². The summed E-state index contributed by atoms with van der Waals surface area (Å²) in [7, 11) is 0. The van der Waals surface area contributed by atoms with E-state index >= 15 is 0 Å². The molecular formula is C17H16Br2Cl2N4O. The van der Waals surface area contributed by atoms with Crippen molar-refractivity contribution >= 4 is 62.9 Å². The summed E-state index contributed by atoms with van der Waals surface area (Å²) < 4.78 is 1.77. The lowest BCUT2D eigenvalue weighted by Crippen LogP contribution is -2.09. The molecular weight excluding hydrogens is 507 g/mol. The number of hydrogen-bond donors (Lipinski definition) is 1. The van der Waals surface area contributed by atoms with E-state index in [1.807, 2.05) is 6.92 Å². The van der Waals surface area contributed by atoms with Crippen molar-refractivity contribution in [3.05, 3.63) is 75.3 Å². The molecule has 2 N–H and O–H groups in total. The van der Waals surface area contributed by atoms with Crippen LogP contribution in [-0.2, 0) is 6.54 Å². The van der Waals surface area contributed by atoms with Crippen LogP contribution in [0.3, 0.4) is 0 Å². The predicted molar refractivity (Wildman–Crippen MR) is 115 cm³/mol. The highest BCUT2D eigenvalue weighted by molar-refractivity contribution is 8.93. The average molecular weight is 523 g/mol. The molecule has 0 unspecified atom stereocenters. The molecule has 3 aromatic rings. The third kappa shape index (κ3) is 4.53. The lowest BCUT2D eigenvalue weighted by atomic mass is 10.0. The first-order valence-electron chi connectivity index (χ1n) is 7.22. The Morgan fingerprint density at radius 2 is 1.81 bits per heavy atom. The molecule has 0 aliphatic carbocycles. The van der Waals surface area contributed by atoms with Crippen LogP contribution in [0, 0.1) is 6.92 Å². The van der Waals surface area contributed by atoms with Crippen molar-refractivity contribution in [1.29, 1.82) is 0 Å². The number of ketones is 1. The van der Waals surface area contributed by atoms with Crippen molar-refractivity contribution in [2.45, 2.75) is 13.5 Å². The summed E-state index contributed by atoms with van der Waals surface area (Å²) >= 11 is 12.3. The normalized spacial score (nSPS) is 10.0.